The van der Waals surface area contributed by atoms with Gasteiger partial charge in [-0.2, -0.15) is 5.10 Å². The lowest BCUT2D eigenvalue weighted by molar-refractivity contribution is -0.119. The lowest BCUT2D eigenvalue weighted by Crippen LogP contribution is -2.39. The second-order valence-corrected chi connectivity index (χ2v) is 9.99. The van der Waals surface area contributed by atoms with Gasteiger partial charge in [0.1, 0.15) is 18.9 Å². The van der Waals surface area contributed by atoms with Gasteiger partial charge in [-0.05, 0) is 79.2 Å². The smallest absolute Gasteiger partial charge is 0.264 e. The number of methoxy groups -OCH3 is 1. The molecule has 0 aliphatic heterocycles. The Bertz CT molecular complexity index is 1380. The van der Waals surface area contributed by atoms with Crippen molar-refractivity contribution in [2.75, 3.05) is 31.2 Å². The van der Waals surface area contributed by atoms with Crippen LogP contribution in [0.4, 0.5) is 5.69 Å². The molecule has 3 aromatic rings. The number of halogens is 1. The highest BCUT2D eigenvalue weighted by molar-refractivity contribution is 7.92. The van der Waals surface area contributed by atoms with Crippen LogP contribution < -0.4 is 23.9 Å². The van der Waals surface area contributed by atoms with Crippen molar-refractivity contribution in [3.63, 3.8) is 0 Å². The molecule has 200 valence electrons. The van der Waals surface area contributed by atoms with Crippen LogP contribution in [0.5, 0.6) is 17.2 Å². The molecule has 9 nitrogen and oxygen atoms in total. The topological polar surface area (TPSA) is 107 Å². The van der Waals surface area contributed by atoms with E-state index in [9.17, 15) is 13.2 Å². The molecule has 0 saturated carbocycles. The molecule has 0 aliphatic rings. The second kappa shape index (κ2) is 13.5. The van der Waals surface area contributed by atoms with E-state index in [0.717, 1.165) is 4.31 Å². The number of benzene rings is 3. The number of sulfonamides is 1. The van der Waals surface area contributed by atoms with Crippen LogP contribution in [0.15, 0.2) is 89.4 Å². The van der Waals surface area contributed by atoms with Crippen molar-refractivity contribution in [3.05, 3.63) is 90.0 Å². The predicted molar refractivity (Wildman–Crippen MR) is 148 cm³/mol. The second-order valence-electron chi connectivity index (χ2n) is 7.70. The van der Waals surface area contributed by atoms with Gasteiger partial charge in [0, 0.05) is 5.02 Å². The molecule has 38 heavy (non-hydrogen) atoms. The predicted octanol–water partition coefficient (Wildman–Crippen LogP) is 4.66. The van der Waals surface area contributed by atoms with Gasteiger partial charge < -0.3 is 14.2 Å². The Balaban J connectivity index is 1.79. The van der Waals surface area contributed by atoms with Crippen molar-refractivity contribution in [3.8, 4) is 17.2 Å². The molecule has 1 N–H and O–H groups in total. The summed E-state index contributed by atoms with van der Waals surface area (Å²) in [6, 6.07) is 17.2. The van der Waals surface area contributed by atoms with Crippen molar-refractivity contribution < 1.29 is 27.4 Å². The van der Waals surface area contributed by atoms with Crippen LogP contribution >= 0.6 is 11.6 Å². The normalized spacial score (nSPS) is 11.1. The Hall–Kier alpha value is -4.02. The zero-order valence-electron chi connectivity index (χ0n) is 21.0. The minimum absolute atomic E-state index is 0.00762. The largest absolute Gasteiger partial charge is 0.497 e. The maximum atomic E-state index is 13.5. The Morgan fingerprint density at radius 2 is 1.76 bits per heavy atom. The van der Waals surface area contributed by atoms with E-state index in [-0.39, 0.29) is 10.6 Å². The lowest BCUT2D eigenvalue weighted by atomic mass is 10.2. The van der Waals surface area contributed by atoms with E-state index in [4.69, 9.17) is 25.8 Å². The first kappa shape index (κ1) is 28.5. The molecule has 0 heterocycles. The van der Waals surface area contributed by atoms with E-state index in [2.05, 4.69) is 17.1 Å². The van der Waals surface area contributed by atoms with Crippen molar-refractivity contribution in [1.29, 1.82) is 0 Å². The Morgan fingerprint density at radius 1 is 1.05 bits per heavy atom. The molecule has 0 radical (unpaired) electrons. The van der Waals surface area contributed by atoms with Gasteiger partial charge in [-0.25, -0.2) is 13.8 Å². The van der Waals surface area contributed by atoms with Gasteiger partial charge in [-0.1, -0.05) is 24.3 Å². The highest BCUT2D eigenvalue weighted by Gasteiger charge is 2.27. The zero-order chi connectivity index (χ0) is 27.5. The van der Waals surface area contributed by atoms with Crippen molar-refractivity contribution in [2.45, 2.75) is 11.8 Å². The van der Waals surface area contributed by atoms with Gasteiger partial charge in [0.15, 0.2) is 11.5 Å². The van der Waals surface area contributed by atoms with E-state index in [1.54, 1.807) is 36.4 Å². The van der Waals surface area contributed by atoms with Crippen LogP contribution in [0.2, 0.25) is 5.02 Å². The highest BCUT2D eigenvalue weighted by Crippen LogP contribution is 2.28. The van der Waals surface area contributed by atoms with Gasteiger partial charge in [-0.15, -0.1) is 0 Å². The highest BCUT2D eigenvalue weighted by atomic mass is 35.5. The van der Waals surface area contributed by atoms with Crippen molar-refractivity contribution in [2.24, 2.45) is 5.10 Å². The Kier molecular flexibility index (Phi) is 10.1. The maximum Gasteiger partial charge on any atom is 0.264 e. The van der Waals surface area contributed by atoms with Gasteiger partial charge >= 0.3 is 0 Å². The fourth-order valence-electron chi connectivity index (χ4n) is 3.28. The Labute approximate surface area is 227 Å². The zero-order valence-corrected chi connectivity index (χ0v) is 22.5. The monoisotopic (exact) mass is 557 g/mol. The van der Waals surface area contributed by atoms with Crippen LogP contribution in [0, 0.1) is 0 Å². The van der Waals surface area contributed by atoms with E-state index < -0.39 is 22.5 Å². The first-order chi connectivity index (χ1) is 18.3. The molecule has 0 bridgehead atoms. The standard InChI is InChI=1S/C27H28ClN3O6S/c1-4-16-37-25-15-6-20(17-26(25)36-5-2)18-29-30-27(32)19-31(22-9-7-21(28)8-10-22)38(33,34)24-13-11-23(35-3)12-14-24/h4,6-15,17-18H,1,5,16,19H2,2-3H3,(H,30,32)/b29-18-. The summed E-state index contributed by atoms with van der Waals surface area (Å²) >= 11 is 5.98. The molecule has 0 aromatic heterocycles. The number of amides is 1. The Morgan fingerprint density at radius 3 is 2.39 bits per heavy atom. The molecule has 1 amide bonds. The third-order valence-electron chi connectivity index (χ3n) is 5.08. The summed E-state index contributed by atoms with van der Waals surface area (Å²) in [5, 5.41) is 4.40. The molecule has 3 rings (SSSR count). The first-order valence-corrected chi connectivity index (χ1v) is 13.3. The number of hydrogen-bond acceptors (Lipinski definition) is 7. The number of carbonyl (C=O) groups is 1. The van der Waals surface area contributed by atoms with Crippen LogP contribution in [-0.4, -0.2) is 47.4 Å². The number of hydrazone groups is 1. The number of hydrogen-bond donors (Lipinski definition) is 1. The summed E-state index contributed by atoms with van der Waals surface area (Å²) in [4.78, 5) is 12.8. The van der Waals surface area contributed by atoms with Crippen LogP contribution in [0.3, 0.4) is 0 Å². The molecule has 0 saturated heterocycles. The minimum atomic E-state index is -4.10. The molecule has 0 fully saturated rings. The number of ether oxygens (including phenoxy) is 3. The van der Waals surface area contributed by atoms with Gasteiger partial charge in [0.05, 0.1) is 30.5 Å². The molecular weight excluding hydrogens is 530 g/mol. The summed E-state index contributed by atoms with van der Waals surface area (Å²) in [7, 11) is -2.62. The average Bonchev–Trinajstić information content (AvgIpc) is 2.92. The van der Waals surface area contributed by atoms with Gasteiger partial charge in [-0.3, -0.25) is 9.10 Å². The number of carbonyl (C=O) groups excluding carboxylic acids is 1. The summed E-state index contributed by atoms with van der Waals surface area (Å²) in [5.74, 6) is 0.922. The van der Waals surface area contributed by atoms with E-state index in [1.807, 2.05) is 6.92 Å². The minimum Gasteiger partial charge on any atom is -0.497 e. The molecule has 3 aromatic carbocycles. The van der Waals surface area contributed by atoms with Crippen LogP contribution in [0.1, 0.15) is 12.5 Å². The first-order valence-electron chi connectivity index (χ1n) is 11.5. The van der Waals surface area contributed by atoms with E-state index in [1.165, 1.54) is 49.7 Å². The van der Waals surface area contributed by atoms with E-state index in [0.29, 0.717) is 41.0 Å². The number of nitrogens with one attached hydrogen (secondary N) is 1. The van der Waals surface area contributed by atoms with Crippen LogP contribution in [-0.2, 0) is 14.8 Å². The number of nitrogens with zero attached hydrogens (tertiary/aromatic N) is 2. The third kappa shape index (κ3) is 7.50. The number of rotatable bonds is 13. The SMILES string of the molecule is C=CCOc1ccc(/C=N\NC(=O)CN(c2ccc(Cl)cc2)S(=O)(=O)c2ccc(OC)cc2)cc1OCC. The number of anilines is 1. The van der Waals surface area contributed by atoms with Gasteiger partial charge in [0.2, 0.25) is 0 Å². The van der Waals surface area contributed by atoms with Crippen LogP contribution in [0.25, 0.3) is 0 Å². The summed E-state index contributed by atoms with van der Waals surface area (Å²) < 4.78 is 44.2. The fourth-order valence-corrected chi connectivity index (χ4v) is 4.83. The average molecular weight is 558 g/mol. The van der Waals surface area contributed by atoms with Crippen molar-refractivity contribution >= 4 is 39.4 Å². The maximum absolute atomic E-state index is 13.5. The molecule has 0 unspecified atom stereocenters. The molecule has 0 spiro atoms. The van der Waals surface area contributed by atoms with Crippen molar-refractivity contribution in [1.82, 2.24) is 5.43 Å². The summed E-state index contributed by atoms with van der Waals surface area (Å²) in [6.07, 6.45) is 3.05. The van der Waals surface area contributed by atoms with Gasteiger partial charge in [0.25, 0.3) is 15.9 Å². The molecular formula is C27H28ClN3O6S. The quantitative estimate of drug-likeness (QED) is 0.186. The summed E-state index contributed by atoms with van der Waals surface area (Å²) in [5.41, 5.74) is 3.28. The molecule has 11 heteroatoms. The molecule has 0 atom stereocenters. The third-order valence-corrected chi connectivity index (χ3v) is 7.12. The summed E-state index contributed by atoms with van der Waals surface area (Å²) in [6.45, 7) is 5.72. The molecule has 0 aliphatic carbocycles. The van der Waals surface area contributed by atoms with E-state index >= 15 is 0 Å². The fraction of sp³-hybridized carbons (Fsp3) is 0.185. The lowest BCUT2D eigenvalue weighted by Gasteiger charge is -2.23.